The average Bonchev–Trinajstić information content (AvgIpc) is 2.73. The van der Waals surface area contributed by atoms with Crippen LogP contribution in [0, 0.1) is 5.41 Å². The van der Waals surface area contributed by atoms with Crippen molar-refractivity contribution < 1.29 is 5.21 Å². The highest BCUT2D eigenvalue weighted by Gasteiger charge is 2.22. The summed E-state index contributed by atoms with van der Waals surface area (Å²) in [5.41, 5.74) is 5.34. The quantitative estimate of drug-likeness (QED) is 0.216. The largest absolute Gasteiger partial charge is 0.409 e. The Balaban J connectivity index is 2.22. The molecule has 0 aliphatic rings. The van der Waals surface area contributed by atoms with Gasteiger partial charge >= 0.3 is 0 Å². The fraction of sp³-hybridized carbons (Fsp3) is 0.727. The lowest BCUT2D eigenvalue weighted by molar-refractivity contribution is 0.304. The van der Waals surface area contributed by atoms with E-state index in [0.717, 1.165) is 25.2 Å². The van der Waals surface area contributed by atoms with Gasteiger partial charge in [0.1, 0.15) is 18.0 Å². The third-order valence-electron chi connectivity index (χ3n) is 3.04. The maximum atomic E-state index is 8.66. The van der Waals surface area contributed by atoms with Gasteiger partial charge < -0.3 is 20.8 Å². The number of oxime groups is 1. The number of aryl methyl sites for hydroxylation is 1. The third kappa shape index (κ3) is 3.99. The Morgan fingerprint density at radius 1 is 1.61 bits per heavy atom. The Bertz CT molecular complexity index is 398. The number of nitrogens with one attached hydrogen (secondary N) is 1. The van der Waals surface area contributed by atoms with Crippen LogP contribution in [0.4, 0.5) is 0 Å². The highest BCUT2D eigenvalue weighted by atomic mass is 16.4. The van der Waals surface area contributed by atoms with Gasteiger partial charge in [-0.25, -0.2) is 0 Å². The number of nitrogens with zero attached hydrogens (tertiary/aromatic N) is 4. The second-order valence-electron chi connectivity index (χ2n) is 5.01. The lowest BCUT2D eigenvalue weighted by Crippen LogP contribution is -2.32. The third-order valence-corrected chi connectivity index (χ3v) is 3.04. The van der Waals surface area contributed by atoms with Crippen LogP contribution in [0.25, 0.3) is 0 Å². The zero-order valence-corrected chi connectivity index (χ0v) is 11.2. The molecule has 1 aromatic rings. The number of nitrogens with two attached hydrogens (primary N) is 1. The molecule has 0 aliphatic heterocycles. The van der Waals surface area contributed by atoms with Crippen molar-refractivity contribution in [1.82, 2.24) is 20.1 Å². The van der Waals surface area contributed by atoms with Crippen molar-refractivity contribution in [1.29, 1.82) is 0 Å². The topological polar surface area (TPSA) is 101 Å². The molecule has 7 heteroatoms. The highest BCUT2D eigenvalue weighted by Crippen LogP contribution is 2.21. The number of aromatic nitrogens is 3. The van der Waals surface area contributed by atoms with Gasteiger partial charge in [-0.2, -0.15) is 0 Å². The minimum atomic E-state index is -0.277. The van der Waals surface area contributed by atoms with Crippen LogP contribution < -0.4 is 11.1 Å². The first-order valence-electron chi connectivity index (χ1n) is 5.99. The van der Waals surface area contributed by atoms with Gasteiger partial charge in [0.05, 0.1) is 6.54 Å². The van der Waals surface area contributed by atoms with Crippen LogP contribution in [-0.4, -0.2) is 32.4 Å². The smallest absolute Gasteiger partial charge is 0.146 e. The number of amidine groups is 1. The summed E-state index contributed by atoms with van der Waals surface area (Å²) in [6.45, 7) is 5.48. The first-order chi connectivity index (χ1) is 8.47. The van der Waals surface area contributed by atoms with Crippen LogP contribution >= 0.6 is 0 Å². The van der Waals surface area contributed by atoms with E-state index >= 15 is 0 Å². The second kappa shape index (κ2) is 6.34. The van der Waals surface area contributed by atoms with Crippen molar-refractivity contribution in [2.24, 2.45) is 23.4 Å². The number of hydrogen-bond acceptors (Lipinski definition) is 5. The normalized spacial score (nSPS) is 12.9. The van der Waals surface area contributed by atoms with Crippen molar-refractivity contribution in [2.45, 2.75) is 33.2 Å². The van der Waals surface area contributed by atoms with Crippen molar-refractivity contribution in [3.63, 3.8) is 0 Å². The summed E-state index contributed by atoms with van der Waals surface area (Å²) < 4.78 is 1.88. The molecule has 0 unspecified atom stereocenters. The summed E-state index contributed by atoms with van der Waals surface area (Å²) in [6.07, 6.45) is 3.48. The van der Waals surface area contributed by atoms with Gasteiger partial charge in [0.15, 0.2) is 0 Å². The molecule has 0 bridgehead atoms. The molecule has 102 valence electrons. The highest BCUT2D eigenvalue weighted by molar-refractivity contribution is 5.85. The predicted molar refractivity (Wildman–Crippen MR) is 69.1 cm³/mol. The zero-order valence-electron chi connectivity index (χ0n) is 11.2. The van der Waals surface area contributed by atoms with E-state index < -0.39 is 0 Å². The molecule has 0 aromatic carbocycles. The maximum Gasteiger partial charge on any atom is 0.146 e. The SMILES string of the molecule is Cn1cnnc1CNCCCC(C)(C)C(N)=NO. The lowest BCUT2D eigenvalue weighted by Gasteiger charge is -2.22. The molecular formula is C11H22N6O. The first-order valence-corrected chi connectivity index (χ1v) is 5.99. The summed E-state index contributed by atoms with van der Waals surface area (Å²) in [7, 11) is 1.92. The number of rotatable bonds is 7. The van der Waals surface area contributed by atoms with Crippen LogP contribution in [0.2, 0.25) is 0 Å². The lowest BCUT2D eigenvalue weighted by atomic mass is 9.86. The molecule has 0 saturated heterocycles. The van der Waals surface area contributed by atoms with E-state index in [9.17, 15) is 0 Å². The van der Waals surface area contributed by atoms with Gasteiger partial charge in [-0.1, -0.05) is 19.0 Å². The summed E-state index contributed by atoms with van der Waals surface area (Å²) in [5.74, 6) is 1.18. The Kier molecular flexibility index (Phi) is 5.08. The summed E-state index contributed by atoms with van der Waals surface area (Å²) in [4.78, 5) is 0. The molecule has 7 nitrogen and oxygen atoms in total. The monoisotopic (exact) mass is 254 g/mol. The van der Waals surface area contributed by atoms with E-state index in [-0.39, 0.29) is 11.3 Å². The molecule has 0 aliphatic carbocycles. The molecule has 0 saturated carbocycles. The van der Waals surface area contributed by atoms with Crippen LogP contribution in [0.5, 0.6) is 0 Å². The Morgan fingerprint density at radius 3 is 2.89 bits per heavy atom. The second-order valence-corrected chi connectivity index (χ2v) is 5.01. The molecule has 1 rings (SSSR count). The van der Waals surface area contributed by atoms with Gasteiger partial charge in [-0.05, 0) is 19.4 Å². The van der Waals surface area contributed by atoms with Crippen molar-refractivity contribution >= 4 is 5.84 Å². The van der Waals surface area contributed by atoms with E-state index in [0.29, 0.717) is 6.54 Å². The van der Waals surface area contributed by atoms with Gasteiger partial charge in [0.2, 0.25) is 0 Å². The average molecular weight is 254 g/mol. The van der Waals surface area contributed by atoms with Gasteiger partial charge in [0, 0.05) is 12.5 Å². The van der Waals surface area contributed by atoms with Crippen molar-refractivity contribution in [2.75, 3.05) is 6.54 Å². The van der Waals surface area contributed by atoms with Crippen LogP contribution in [0.1, 0.15) is 32.5 Å². The summed E-state index contributed by atoms with van der Waals surface area (Å²) in [5, 5.41) is 22.8. The zero-order chi connectivity index (χ0) is 13.6. The fourth-order valence-electron chi connectivity index (χ4n) is 1.59. The Morgan fingerprint density at radius 2 is 2.33 bits per heavy atom. The molecule has 0 amide bonds. The van der Waals surface area contributed by atoms with Crippen LogP contribution in [-0.2, 0) is 13.6 Å². The van der Waals surface area contributed by atoms with E-state index in [1.54, 1.807) is 6.33 Å². The first kappa shape index (κ1) is 14.4. The minimum absolute atomic E-state index is 0.274. The van der Waals surface area contributed by atoms with E-state index in [1.807, 2.05) is 25.5 Å². The Labute approximate surface area is 107 Å². The molecule has 4 N–H and O–H groups in total. The van der Waals surface area contributed by atoms with Crippen LogP contribution in [0.15, 0.2) is 11.5 Å². The minimum Gasteiger partial charge on any atom is -0.409 e. The summed E-state index contributed by atoms with van der Waals surface area (Å²) in [6, 6.07) is 0. The Hall–Kier alpha value is -1.63. The molecule has 1 aromatic heterocycles. The van der Waals surface area contributed by atoms with Gasteiger partial charge in [-0.15, -0.1) is 10.2 Å². The van der Waals surface area contributed by atoms with Crippen molar-refractivity contribution in [3.05, 3.63) is 12.2 Å². The molecule has 0 radical (unpaired) electrons. The standard InChI is InChI=1S/C11H22N6O/c1-11(2,10(12)16-18)5-4-6-13-7-9-15-14-8-17(9)3/h8,13,18H,4-7H2,1-3H3,(H2,12,16). The fourth-order valence-corrected chi connectivity index (χ4v) is 1.59. The van der Waals surface area contributed by atoms with Crippen LogP contribution in [0.3, 0.4) is 0 Å². The summed E-state index contributed by atoms with van der Waals surface area (Å²) >= 11 is 0. The van der Waals surface area contributed by atoms with E-state index in [1.165, 1.54) is 0 Å². The number of hydrogen-bond donors (Lipinski definition) is 3. The predicted octanol–water partition coefficient (Wildman–Crippen LogP) is 0.458. The molecule has 0 spiro atoms. The molecule has 1 heterocycles. The molecule has 0 atom stereocenters. The van der Waals surface area contributed by atoms with E-state index in [2.05, 4.69) is 20.7 Å². The molecule has 18 heavy (non-hydrogen) atoms. The molecule has 0 fully saturated rings. The van der Waals surface area contributed by atoms with Gasteiger partial charge in [0.25, 0.3) is 0 Å². The molecular weight excluding hydrogens is 232 g/mol. The van der Waals surface area contributed by atoms with Gasteiger partial charge in [-0.3, -0.25) is 0 Å². The maximum absolute atomic E-state index is 8.66. The van der Waals surface area contributed by atoms with E-state index in [4.69, 9.17) is 10.9 Å². The van der Waals surface area contributed by atoms with Crippen molar-refractivity contribution in [3.8, 4) is 0 Å².